The molecule has 0 aromatic rings. The average molecular weight is 424 g/mol. The predicted octanol–water partition coefficient (Wildman–Crippen LogP) is 5.61. The van der Waals surface area contributed by atoms with E-state index in [9.17, 15) is 14.7 Å². The van der Waals surface area contributed by atoms with Gasteiger partial charge in [0, 0.05) is 6.08 Å². The third-order valence-electron chi connectivity index (χ3n) is 6.74. The van der Waals surface area contributed by atoms with Crippen molar-refractivity contribution in [1.29, 1.82) is 0 Å². The van der Waals surface area contributed by atoms with E-state index in [1.54, 1.807) is 11.8 Å². The molecule has 1 unspecified atom stereocenters. The van der Waals surface area contributed by atoms with Crippen molar-refractivity contribution >= 4 is 12.1 Å². The van der Waals surface area contributed by atoms with Gasteiger partial charge in [0.15, 0.2) is 0 Å². The zero-order chi connectivity index (χ0) is 22.3. The summed E-state index contributed by atoms with van der Waals surface area (Å²) in [5, 5.41) is 9.95. The van der Waals surface area contributed by atoms with Crippen LogP contribution in [0.1, 0.15) is 86.0 Å². The number of carbonyl (C=O) groups excluding carboxylic acids is 1. The summed E-state index contributed by atoms with van der Waals surface area (Å²) < 4.78 is 11.3. The minimum absolute atomic E-state index is 0.115. The van der Waals surface area contributed by atoms with E-state index in [0.29, 0.717) is 24.4 Å². The lowest BCUT2D eigenvalue weighted by molar-refractivity contribution is -0.137. The number of nitrogens with zero attached hydrogens (tertiary/aromatic N) is 1. The van der Waals surface area contributed by atoms with Crippen LogP contribution in [0.3, 0.4) is 0 Å². The Morgan fingerprint density at radius 3 is 2.47 bits per heavy atom. The van der Waals surface area contributed by atoms with Crippen molar-refractivity contribution in [1.82, 2.24) is 4.90 Å². The van der Waals surface area contributed by atoms with Gasteiger partial charge in [-0.25, -0.2) is 9.59 Å². The molecular weight excluding hydrogens is 382 g/mol. The Labute approximate surface area is 182 Å². The Kier molecular flexibility index (Phi) is 9.20. The minimum Gasteiger partial charge on any atom is -0.465 e. The van der Waals surface area contributed by atoms with Gasteiger partial charge in [-0.15, -0.1) is 0 Å². The quantitative estimate of drug-likeness (QED) is 0.385. The molecular formula is C24H41NO5. The largest absolute Gasteiger partial charge is 0.465 e. The van der Waals surface area contributed by atoms with Gasteiger partial charge < -0.3 is 14.6 Å². The number of hydrogen-bond donors (Lipinski definition) is 1. The van der Waals surface area contributed by atoms with Crippen LogP contribution in [0.4, 0.5) is 4.79 Å². The number of amides is 1. The monoisotopic (exact) mass is 423 g/mol. The van der Waals surface area contributed by atoms with E-state index in [4.69, 9.17) is 9.47 Å². The second-order valence-electron chi connectivity index (χ2n) is 9.69. The molecule has 2 fully saturated rings. The van der Waals surface area contributed by atoms with Crippen molar-refractivity contribution in [3.63, 3.8) is 0 Å². The summed E-state index contributed by atoms with van der Waals surface area (Å²) >= 11 is 0. The Hall–Kier alpha value is -1.56. The molecule has 3 atom stereocenters. The number of carbonyl (C=O) groups is 2. The van der Waals surface area contributed by atoms with Crippen molar-refractivity contribution in [3.05, 3.63) is 12.2 Å². The smallest absolute Gasteiger partial charge is 0.409 e. The summed E-state index contributed by atoms with van der Waals surface area (Å²) in [7, 11) is 0. The van der Waals surface area contributed by atoms with Crippen LogP contribution in [0.15, 0.2) is 12.2 Å². The topological polar surface area (TPSA) is 76.1 Å². The van der Waals surface area contributed by atoms with Crippen LogP contribution in [0.5, 0.6) is 0 Å². The normalized spacial score (nSPS) is 25.7. The molecule has 172 valence electrons. The van der Waals surface area contributed by atoms with Crippen molar-refractivity contribution < 1.29 is 24.2 Å². The van der Waals surface area contributed by atoms with Gasteiger partial charge in [0.25, 0.3) is 0 Å². The van der Waals surface area contributed by atoms with E-state index >= 15 is 0 Å². The molecule has 0 radical (unpaired) electrons. The molecule has 0 bridgehead atoms. The van der Waals surface area contributed by atoms with Crippen molar-refractivity contribution in [3.8, 4) is 0 Å². The number of hydrogen-bond acceptors (Lipinski definition) is 4. The van der Waals surface area contributed by atoms with Gasteiger partial charge in [-0.2, -0.15) is 0 Å². The van der Waals surface area contributed by atoms with Crippen molar-refractivity contribution in [2.75, 3.05) is 6.61 Å². The summed E-state index contributed by atoms with van der Waals surface area (Å²) in [5.41, 5.74) is -0.821. The highest BCUT2D eigenvalue weighted by Crippen LogP contribution is 2.41. The molecule has 1 aliphatic heterocycles. The highest BCUT2D eigenvalue weighted by atomic mass is 16.6. The van der Waals surface area contributed by atoms with E-state index in [0.717, 1.165) is 19.3 Å². The molecule has 1 amide bonds. The van der Waals surface area contributed by atoms with Crippen molar-refractivity contribution in [2.45, 2.75) is 104 Å². The number of esters is 1. The summed E-state index contributed by atoms with van der Waals surface area (Å²) in [5.74, 6) is 0.967. The maximum Gasteiger partial charge on any atom is 0.409 e. The first-order valence-corrected chi connectivity index (χ1v) is 11.7. The third kappa shape index (κ3) is 6.73. The number of rotatable bonds is 9. The number of allylic oxidation sites excluding steroid dienone is 1. The van der Waals surface area contributed by atoms with Crippen LogP contribution in [-0.4, -0.2) is 46.5 Å². The van der Waals surface area contributed by atoms with Crippen LogP contribution in [0.25, 0.3) is 0 Å². The van der Waals surface area contributed by atoms with E-state index in [2.05, 4.69) is 13.8 Å². The number of ether oxygens (including phenoxy) is 2. The van der Waals surface area contributed by atoms with Gasteiger partial charge in [-0.1, -0.05) is 52.0 Å². The maximum absolute atomic E-state index is 12.1. The van der Waals surface area contributed by atoms with E-state index in [1.807, 2.05) is 19.9 Å². The first-order valence-electron chi connectivity index (χ1n) is 11.7. The third-order valence-corrected chi connectivity index (χ3v) is 6.74. The molecule has 0 spiro atoms. The first-order chi connectivity index (χ1) is 14.2. The van der Waals surface area contributed by atoms with Crippen LogP contribution in [-0.2, 0) is 14.3 Å². The lowest BCUT2D eigenvalue weighted by atomic mass is 9.80. The molecule has 0 aromatic heterocycles. The lowest BCUT2D eigenvalue weighted by Gasteiger charge is -2.34. The first kappa shape index (κ1) is 24.7. The summed E-state index contributed by atoms with van der Waals surface area (Å²) in [4.78, 5) is 25.3. The SMILES string of the molecule is CCOC(=O)C=CCC(C[C@@H]1OC(C)(C)N(C(=O)O)[C@H]1CC1CCCCC1)C(C)C. The molecule has 6 nitrogen and oxygen atoms in total. The molecule has 0 aromatic carbocycles. The number of carboxylic acid groups (broad SMARTS) is 1. The second kappa shape index (κ2) is 11.2. The fourth-order valence-electron chi connectivity index (χ4n) is 5.14. The lowest BCUT2D eigenvalue weighted by Crippen LogP contribution is -2.48. The summed E-state index contributed by atoms with van der Waals surface area (Å²) in [6, 6.07) is -0.115. The fraction of sp³-hybridized carbons (Fsp3) is 0.833. The van der Waals surface area contributed by atoms with Gasteiger partial charge in [0.1, 0.15) is 5.72 Å². The molecule has 1 aliphatic carbocycles. The molecule has 30 heavy (non-hydrogen) atoms. The van der Waals surface area contributed by atoms with Crippen LogP contribution in [0, 0.1) is 17.8 Å². The Morgan fingerprint density at radius 1 is 1.23 bits per heavy atom. The van der Waals surface area contributed by atoms with Gasteiger partial charge >= 0.3 is 12.1 Å². The van der Waals surface area contributed by atoms with Gasteiger partial charge in [-0.05, 0) is 57.8 Å². The predicted molar refractivity (Wildman–Crippen MR) is 117 cm³/mol. The van der Waals surface area contributed by atoms with Gasteiger partial charge in [-0.3, -0.25) is 4.90 Å². The molecule has 1 saturated carbocycles. The fourth-order valence-corrected chi connectivity index (χ4v) is 5.14. The van der Waals surface area contributed by atoms with E-state index in [-0.39, 0.29) is 18.1 Å². The van der Waals surface area contributed by atoms with Crippen LogP contribution >= 0.6 is 0 Å². The molecule has 1 heterocycles. The highest BCUT2D eigenvalue weighted by molar-refractivity contribution is 5.81. The Bertz CT molecular complexity index is 594. The highest BCUT2D eigenvalue weighted by Gasteiger charge is 2.50. The van der Waals surface area contributed by atoms with Crippen LogP contribution in [0.2, 0.25) is 0 Å². The second-order valence-corrected chi connectivity index (χ2v) is 9.69. The Morgan fingerprint density at radius 2 is 1.90 bits per heavy atom. The standard InChI is InChI=1S/C24H41NO5/c1-6-29-22(26)14-10-13-19(17(2)3)16-21-20(15-18-11-8-7-9-12-18)25(23(27)28)24(4,5)30-21/h10,14,17-21H,6-9,11-13,15-16H2,1-5H3,(H,27,28)/t19?,20-,21-/m0/s1. The van der Waals surface area contributed by atoms with Gasteiger partial charge in [0.05, 0.1) is 18.8 Å². The average Bonchev–Trinajstić information content (AvgIpc) is 2.91. The van der Waals surface area contributed by atoms with Crippen molar-refractivity contribution in [2.24, 2.45) is 17.8 Å². The van der Waals surface area contributed by atoms with Gasteiger partial charge in [0.2, 0.25) is 0 Å². The zero-order valence-electron chi connectivity index (χ0n) is 19.4. The minimum atomic E-state index is -0.897. The molecule has 1 N–H and O–H groups in total. The molecule has 1 saturated heterocycles. The Balaban J connectivity index is 2.13. The van der Waals surface area contributed by atoms with Crippen LogP contribution < -0.4 is 0 Å². The maximum atomic E-state index is 12.1. The summed E-state index contributed by atoms with van der Waals surface area (Å²) in [6.45, 7) is 10.2. The molecule has 2 aliphatic rings. The summed E-state index contributed by atoms with van der Waals surface area (Å²) in [6.07, 6.45) is 10.9. The van der Waals surface area contributed by atoms with E-state index in [1.165, 1.54) is 38.2 Å². The zero-order valence-corrected chi connectivity index (χ0v) is 19.4. The van der Waals surface area contributed by atoms with E-state index < -0.39 is 11.8 Å². The molecule has 6 heteroatoms. The molecule has 2 rings (SSSR count).